The van der Waals surface area contributed by atoms with Gasteiger partial charge in [0.2, 0.25) is 0 Å². The van der Waals surface area contributed by atoms with Crippen molar-refractivity contribution in [3.05, 3.63) is 138 Å². The molecule has 1 heterocycles. The lowest BCUT2D eigenvalue weighted by molar-refractivity contribution is 1.02. The fraction of sp³-hybridized carbons (Fsp3) is 0.0571. The van der Waals surface area contributed by atoms with Crippen molar-refractivity contribution in [2.75, 3.05) is 0 Å². The largest absolute Gasteiger partial charge is 0.264 e. The average molecular weight is 492 g/mol. The standard InChI is InChI=1S/C35H25NS/c1-2-11-25(12-3-1)27-16-8-9-20-33(27)37-35-30-18-7-6-17-29(30)34(32-23-36-22-21-31(32)35)28-19-10-14-24-13-4-5-15-26(24)28/h1-8,10-19,21-23H,9,20H2. The first-order valence-corrected chi connectivity index (χ1v) is 13.6. The smallest absolute Gasteiger partial charge is 0.0353 e. The minimum Gasteiger partial charge on any atom is -0.264 e. The average Bonchev–Trinajstić information content (AvgIpc) is 2.98. The Morgan fingerprint density at radius 3 is 2.24 bits per heavy atom. The van der Waals surface area contributed by atoms with Gasteiger partial charge in [-0.05, 0) is 73.0 Å². The topological polar surface area (TPSA) is 12.9 Å². The molecular formula is C35H25NS. The summed E-state index contributed by atoms with van der Waals surface area (Å²) in [5.41, 5.74) is 5.14. The summed E-state index contributed by atoms with van der Waals surface area (Å²) in [6, 6.07) is 37.1. The lowest BCUT2D eigenvalue weighted by Gasteiger charge is -2.21. The van der Waals surface area contributed by atoms with Gasteiger partial charge in [0, 0.05) is 22.7 Å². The Morgan fingerprint density at radius 2 is 1.35 bits per heavy atom. The van der Waals surface area contributed by atoms with Gasteiger partial charge in [-0.3, -0.25) is 4.98 Å². The van der Waals surface area contributed by atoms with E-state index < -0.39 is 0 Å². The van der Waals surface area contributed by atoms with Crippen LogP contribution in [0.1, 0.15) is 18.4 Å². The zero-order valence-corrected chi connectivity index (χ0v) is 21.2. The molecule has 5 aromatic carbocycles. The van der Waals surface area contributed by atoms with E-state index in [0.717, 1.165) is 12.8 Å². The first-order chi connectivity index (χ1) is 18.4. The van der Waals surface area contributed by atoms with Crippen LogP contribution in [0.3, 0.4) is 0 Å². The Balaban J connectivity index is 1.53. The van der Waals surface area contributed by atoms with Gasteiger partial charge in [-0.2, -0.15) is 0 Å². The van der Waals surface area contributed by atoms with Crippen molar-refractivity contribution in [3.8, 4) is 11.1 Å². The molecule has 0 spiro atoms. The monoisotopic (exact) mass is 491 g/mol. The number of hydrogen-bond acceptors (Lipinski definition) is 2. The number of aromatic nitrogens is 1. The number of hydrogen-bond donors (Lipinski definition) is 0. The third-order valence-corrected chi connectivity index (χ3v) is 8.58. The predicted octanol–water partition coefficient (Wildman–Crippen LogP) is 10.1. The highest BCUT2D eigenvalue weighted by Gasteiger charge is 2.20. The highest BCUT2D eigenvalue weighted by atomic mass is 32.2. The van der Waals surface area contributed by atoms with Crippen LogP contribution in [0.5, 0.6) is 0 Å². The first kappa shape index (κ1) is 22.1. The highest BCUT2D eigenvalue weighted by Crippen LogP contribution is 2.48. The van der Waals surface area contributed by atoms with Crippen LogP contribution in [0.2, 0.25) is 0 Å². The highest BCUT2D eigenvalue weighted by molar-refractivity contribution is 8.03. The van der Waals surface area contributed by atoms with Gasteiger partial charge in [-0.15, -0.1) is 0 Å². The SMILES string of the molecule is C1=CC(c2ccccc2)=C(Sc2c3ccccc3c(-c3cccc4ccccc34)c3cnccc23)CC1. The first-order valence-electron chi connectivity index (χ1n) is 12.8. The molecule has 0 bridgehead atoms. The molecule has 0 atom stereocenters. The van der Waals surface area contributed by atoms with Crippen LogP contribution in [0.4, 0.5) is 0 Å². The molecule has 0 saturated carbocycles. The molecule has 1 aliphatic rings. The molecule has 37 heavy (non-hydrogen) atoms. The molecule has 1 nitrogen and oxygen atoms in total. The van der Waals surface area contributed by atoms with E-state index in [2.05, 4.69) is 126 Å². The lowest BCUT2D eigenvalue weighted by Crippen LogP contribution is -1.95. The zero-order chi connectivity index (χ0) is 24.6. The third kappa shape index (κ3) is 3.85. The zero-order valence-electron chi connectivity index (χ0n) is 20.4. The van der Waals surface area contributed by atoms with Crippen LogP contribution in [0, 0.1) is 0 Å². The van der Waals surface area contributed by atoms with Gasteiger partial charge in [-0.1, -0.05) is 121 Å². The summed E-state index contributed by atoms with van der Waals surface area (Å²) in [6.07, 6.45) is 10.7. The van der Waals surface area contributed by atoms with E-state index in [9.17, 15) is 0 Å². The number of fused-ring (bicyclic) bond motifs is 3. The molecule has 0 aliphatic heterocycles. The molecule has 0 N–H and O–H groups in total. The van der Waals surface area contributed by atoms with E-state index in [1.54, 1.807) is 0 Å². The van der Waals surface area contributed by atoms with E-state index in [1.807, 2.05) is 18.0 Å². The summed E-state index contributed by atoms with van der Waals surface area (Å²) < 4.78 is 0. The number of nitrogens with zero attached hydrogens (tertiary/aromatic N) is 1. The van der Waals surface area contributed by atoms with Crippen LogP contribution < -0.4 is 0 Å². The summed E-state index contributed by atoms with van der Waals surface area (Å²) in [5.74, 6) is 0. The Labute approximate surface area is 221 Å². The Morgan fingerprint density at radius 1 is 0.622 bits per heavy atom. The van der Waals surface area contributed by atoms with Crippen molar-refractivity contribution in [2.45, 2.75) is 17.7 Å². The third-order valence-electron chi connectivity index (χ3n) is 7.27. The maximum atomic E-state index is 4.60. The molecule has 176 valence electrons. The minimum atomic E-state index is 1.05. The lowest BCUT2D eigenvalue weighted by atomic mass is 9.90. The van der Waals surface area contributed by atoms with E-state index in [4.69, 9.17) is 0 Å². The number of thioether (sulfide) groups is 1. The molecule has 1 aliphatic carbocycles. The van der Waals surface area contributed by atoms with Crippen molar-refractivity contribution in [3.63, 3.8) is 0 Å². The van der Waals surface area contributed by atoms with Crippen molar-refractivity contribution in [2.24, 2.45) is 0 Å². The second kappa shape index (κ2) is 9.38. The number of rotatable bonds is 4. The summed E-state index contributed by atoms with van der Waals surface area (Å²) in [4.78, 5) is 7.35. The Kier molecular flexibility index (Phi) is 5.60. The van der Waals surface area contributed by atoms with Gasteiger partial charge in [-0.25, -0.2) is 0 Å². The molecule has 0 saturated heterocycles. The van der Waals surface area contributed by atoms with Crippen molar-refractivity contribution < 1.29 is 0 Å². The van der Waals surface area contributed by atoms with Crippen molar-refractivity contribution in [1.82, 2.24) is 4.98 Å². The minimum absolute atomic E-state index is 1.05. The molecule has 0 fully saturated rings. The normalized spacial score (nSPS) is 13.6. The van der Waals surface area contributed by atoms with Gasteiger partial charge < -0.3 is 0 Å². The van der Waals surface area contributed by atoms with E-state index in [1.165, 1.54) is 64.4 Å². The van der Waals surface area contributed by atoms with Crippen molar-refractivity contribution in [1.29, 1.82) is 0 Å². The van der Waals surface area contributed by atoms with Gasteiger partial charge >= 0.3 is 0 Å². The van der Waals surface area contributed by atoms with Gasteiger partial charge in [0.25, 0.3) is 0 Å². The summed E-state index contributed by atoms with van der Waals surface area (Å²) >= 11 is 1.93. The maximum absolute atomic E-state index is 4.60. The molecule has 0 amide bonds. The Hall–Kier alpha value is -4.14. The van der Waals surface area contributed by atoms with Gasteiger partial charge in [0.15, 0.2) is 0 Å². The predicted molar refractivity (Wildman–Crippen MR) is 160 cm³/mol. The van der Waals surface area contributed by atoms with Crippen LogP contribution in [0.15, 0.2) is 137 Å². The van der Waals surface area contributed by atoms with Crippen molar-refractivity contribution >= 4 is 49.7 Å². The summed E-state index contributed by atoms with van der Waals surface area (Å²) in [7, 11) is 0. The summed E-state index contributed by atoms with van der Waals surface area (Å²) in [6.45, 7) is 0. The van der Waals surface area contributed by atoms with Gasteiger partial charge in [0.1, 0.15) is 0 Å². The fourth-order valence-electron chi connectivity index (χ4n) is 5.57. The summed E-state index contributed by atoms with van der Waals surface area (Å²) in [5, 5.41) is 7.56. The molecule has 0 unspecified atom stereocenters. The number of benzene rings is 5. The van der Waals surface area contributed by atoms with Crippen LogP contribution in [-0.2, 0) is 0 Å². The molecule has 0 radical (unpaired) electrons. The number of allylic oxidation sites excluding steroid dienone is 4. The maximum Gasteiger partial charge on any atom is 0.0353 e. The molecule has 7 rings (SSSR count). The van der Waals surface area contributed by atoms with Crippen LogP contribution >= 0.6 is 11.8 Å². The van der Waals surface area contributed by atoms with Crippen LogP contribution in [-0.4, -0.2) is 4.98 Å². The van der Waals surface area contributed by atoms with Gasteiger partial charge in [0.05, 0.1) is 0 Å². The number of pyridine rings is 1. The second-order valence-electron chi connectivity index (χ2n) is 9.44. The van der Waals surface area contributed by atoms with E-state index >= 15 is 0 Å². The molecular weight excluding hydrogens is 466 g/mol. The Bertz CT molecular complexity index is 1780. The molecule has 2 heteroatoms. The second-order valence-corrected chi connectivity index (χ2v) is 10.5. The molecule has 1 aromatic heterocycles. The van der Waals surface area contributed by atoms with E-state index in [0.29, 0.717) is 0 Å². The fourth-order valence-corrected chi connectivity index (χ4v) is 6.91. The van der Waals surface area contributed by atoms with Crippen LogP contribution in [0.25, 0.3) is 49.0 Å². The quantitative estimate of drug-likeness (QED) is 0.228. The molecule has 6 aromatic rings. The van der Waals surface area contributed by atoms with E-state index in [-0.39, 0.29) is 0 Å².